The van der Waals surface area contributed by atoms with Gasteiger partial charge in [-0.3, -0.25) is 9.97 Å². The summed E-state index contributed by atoms with van der Waals surface area (Å²) in [6.07, 6.45) is -7.55. The second kappa shape index (κ2) is 17.4. The van der Waals surface area contributed by atoms with Crippen LogP contribution in [0.25, 0.3) is 22.5 Å². The standard InChI is InChI=1S/C38H30Br2F6N8O10S/c39-19-5-17(7-47-9-19)37(35(59)31(33(57)27(13-55)63-37)53-11-25(49-51-53)15-1-21(41)29(45)22(42)2-15)65(61,62)38(18-6-20(40)10-48-8-18)36(60)32(34(58)28(14-56)64-38)54-12-26(50-52-54)16-3-23(43)30(46)24(44)4-16/h1-12,27-28,31-36,55-60H,13-14H2/t27-,28-,31+,32+,33+,34+,35-,36-,37-,38-/m1/s1. The molecule has 18 nitrogen and oxygen atoms in total. The molecule has 0 saturated carbocycles. The summed E-state index contributed by atoms with van der Waals surface area (Å²) in [6.45, 7) is -2.39. The fourth-order valence-electron chi connectivity index (χ4n) is 8.06. The Labute approximate surface area is 377 Å². The number of nitrogens with zero attached hydrogens (tertiary/aromatic N) is 8. The number of aliphatic hydroxyl groups is 6. The van der Waals surface area contributed by atoms with Gasteiger partial charge >= 0.3 is 0 Å². The molecular weight excluding hydrogens is 1030 g/mol. The van der Waals surface area contributed by atoms with E-state index >= 15 is 8.42 Å². The van der Waals surface area contributed by atoms with Gasteiger partial charge in [0.25, 0.3) is 0 Å². The van der Waals surface area contributed by atoms with Crippen molar-refractivity contribution in [2.45, 2.75) is 58.6 Å². The number of ether oxygens (including phenoxy) is 2. The van der Waals surface area contributed by atoms with Gasteiger partial charge < -0.3 is 40.1 Å². The summed E-state index contributed by atoms with van der Waals surface area (Å²) in [5.41, 5.74) is -2.67. The van der Waals surface area contributed by atoms with Gasteiger partial charge in [-0.05, 0) is 68.3 Å². The molecule has 6 heterocycles. The molecule has 27 heteroatoms. The Morgan fingerprint density at radius 2 is 0.954 bits per heavy atom. The second-order valence-electron chi connectivity index (χ2n) is 14.8. The second-order valence-corrected chi connectivity index (χ2v) is 18.9. The van der Waals surface area contributed by atoms with Crippen LogP contribution in [0, 0.1) is 34.9 Å². The van der Waals surface area contributed by atoms with E-state index in [0.717, 1.165) is 36.9 Å². The van der Waals surface area contributed by atoms with E-state index in [-0.39, 0.29) is 31.5 Å². The molecule has 4 aromatic heterocycles. The van der Waals surface area contributed by atoms with Gasteiger partial charge in [-0.2, -0.15) is 0 Å². The number of rotatable bonds is 10. The highest BCUT2D eigenvalue weighted by Gasteiger charge is 2.74. The maximum atomic E-state index is 16.5. The van der Waals surface area contributed by atoms with Gasteiger partial charge in [-0.25, -0.2) is 44.1 Å². The minimum absolute atomic E-state index is 0.0561. The van der Waals surface area contributed by atoms with Crippen LogP contribution in [-0.2, 0) is 29.2 Å². The van der Waals surface area contributed by atoms with Crippen molar-refractivity contribution in [3.05, 3.63) is 129 Å². The van der Waals surface area contributed by atoms with Gasteiger partial charge in [0, 0.05) is 56.0 Å². The lowest BCUT2D eigenvalue weighted by atomic mass is 9.88. The lowest BCUT2D eigenvalue weighted by molar-refractivity contribution is -0.245. The minimum atomic E-state index is -6.00. The fourth-order valence-corrected chi connectivity index (χ4v) is 11.5. The van der Waals surface area contributed by atoms with Gasteiger partial charge in [0.2, 0.25) is 19.7 Å². The molecule has 0 amide bonds. The first kappa shape index (κ1) is 46.7. The first-order chi connectivity index (χ1) is 30.8. The van der Waals surface area contributed by atoms with E-state index in [2.05, 4.69) is 62.5 Å². The molecule has 0 spiro atoms. The molecule has 0 unspecified atom stereocenters. The Morgan fingerprint density at radius 3 is 1.28 bits per heavy atom. The van der Waals surface area contributed by atoms with Crippen LogP contribution in [-0.4, -0.2) is 129 Å². The molecular formula is C38H30Br2F6N8O10S. The zero-order chi connectivity index (χ0) is 46.9. The summed E-state index contributed by atoms with van der Waals surface area (Å²) in [7, 11) is -6.00. The molecule has 0 aliphatic carbocycles. The van der Waals surface area contributed by atoms with Crippen molar-refractivity contribution in [1.29, 1.82) is 0 Å². The van der Waals surface area contributed by atoms with Crippen LogP contribution in [0.15, 0.2) is 82.5 Å². The number of pyridine rings is 2. The van der Waals surface area contributed by atoms with E-state index in [0.29, 0.717) is 33.6 Å². The molecule has 65 heavy (non-hydrogen) atoms. The van der Waals surface area contributed by atoms with Crippen molar-refractivity contribution in [2.24, 2.45) is 0 Å². The fraction of sp³-hybridized carbons (Fsp3) is 0.316. The Bertz CT molecular complexity index is 2680. The van der Waals surface area contributed by atoms with E-state index in [1.54, 1.807) is 0 Å². The summed E-state index contributed by atoms with van der Waals surface area (Å²) >= 11 is 6.42. The van der Waals surface area contributed by atoms with Gasteiger partial charge in [0.15, 0.2) is 34.9 Å². The van der Waals surface area contributed by atoms with Crippen molar-refractivity contribution < 1.29 is 74.9 Å². The minimum Gasteiger partial charge on any atom is -0.394 e. The maximum Gasteiger partial charge on any atom is 0.227 e. The van der Waals surface area contributed by atoms with Crippen molar-refractivity contribution in [3.63, 3.8) is 0 Å². The lowest BCUT2D eigenvalue weighted by Crippen LogP contribution is -2.71. The normalized spacial score (nSPS) is 28.4. The van der Waals surface area contributed by atoms with Gasteiger partial charge in [0.05, 0.1) is 25.6 Å². The molecule has 10 atom stereocenters. The molecule has 344 valence electrons. The van der Waals surface area contributed by atoms with Gasteiger partial charge in [-0.1, -0.05) is 10.4 Å². The molecule has 0 bridgehead atoms. The van der Waals surface area contributed by atoms with Crippen LogP contribution in [0.3, 0.4) is 0 Å². The summed E-state index contributed by atoms with van der Waals surface area (Å²) in [4.78, 5) is 1.25. The lowest BCUT2D eigenvalue weighted by Gasteiger charge is -2.55. The molecule has 2 fully saturated rings. The SMILES string of the molecule is O=S(=O)([C@@]1(c2cncc(Br)c2)O[C@H](CO)[C@H](O)[C@H](n2cc(-c3cc(F)c(F)c(F)c3)nn2)[C@H]1O)[C@@]1(c2cncc(Br)c2)O[C@H](CO)[C@H](O)[C@H](n2cc(-c3cc(F)c(F)c(F)c3)nn2)[C@H]1O. The first-order valence-electron chi connectivity index (χ1n) is 18.7. The number of aliphatic hydroxyl groups excluding tert-OH is 6. The van der Waals surface area contributed by atoms with Crippen LogP contribution in [0.4, 0.5) is 26.3 Å². The summed E-state index contributed by atoms with van der Waals surface area (Å²) < 4.78 is 132. The van der Waals surface area contributed by atoms with Gasteiger partial charge in [-0.15, -0.1) is 10.2 Å². The molecule has 8 rings (SSSR count). The van der Waals surface area contributed by atoms with E-state index in [1.807, 2.05) is 0 Å². The first-order valence-corrected chi connectivity index (χ1v) is 21.8. The zero-order valence-corrected chi connectivity index (χ0v) is 36.3. The third kappa shape index (κ3) is 7.45. The van der Waals surface area contributed by atoms with E-state index in [4.69, 9.17) is 9.47 Å². The van der Waals surface area contributed by atoms with E-state index in [1.165, 1.54) is 12.4 Å². The molecule has 0 radical (unpaired) electrons. The Morgan fingerprint density at radius 1 is 0.600 bits per heavy atom. The third-order valence-corrected chi connectivity index (χ3v) is 14.7. The molecule has 6 N–H and O–H groups in total. The molecule has 2 aliphatic heterocycles. The number of hydrogen-bond donors (Lipinski definition) is 6. The maximum absolute atomic E-state index is 16.5. The van der Waals surface area contributed by atoms with Crippen LogP contribution in [0.2, 0.25) is 0 Å². The molecule has 2 aliphatic rings. The van der Waals surface area contributed by atoms with Crippen LogP contribution < -0.4 is 0 Å². The van der Waals surface area contributed by atoms with Crippen LogP contribution >= 0.6 is 31.9 Å². The number of hydrogen-bond acceptors (Lipinski definition) is 16. The number of halogens is 8. The average molecular weight is 1060 g/mol. The summed E-state index contributed by atoms with van der Waals surface area (Å²) in [5.74, 6) is -10.1. The average Bonchev–Trinajstić information content (AvgIpc) is 3.96. The van der Waals surface area contributed by atoms with Crippen molar-refractivity contribution in [1.82, 2.24) is 40.0 Å². The Kier molecular flexibility index (Phi) is 12.5. The van der Waals surface area contributed by atoms with Crippen molar-refractivity contribution >= 4 is 41.7 Å². The number of benzene rings is 2. The molecule has 6 aromatic rings. The monoisotopic (exact) mass is 1060 g/mol. The highest BCUT2D eigenvalue weighted by molar-refractivity contribution is 9.10. The van der Waals surface area contributed by atoms with Crippen LogP contribution in [0.1, 0.15) is 23.2 Å². The number of aromatic nitrogens is 8. The Hall–Kier alpha value is -4.81. The van der Waals surface area contributed by atoms with Crippen molar-refractivity contribution in [3.8, 4) is 22.5 Å². The largest absolute Gasteiger partial charge is 0.394 e. The quantitative estimate of drug-likeness (QED) is 0.0851. The third-order valence-electron chi connectivity index (χ3n) is 11.1. The molecule has 2 aromatic carbocycles. The highest BCUT2D eigenvalue weighted by atomic mass is 79.9. The molecule has 2 saturated heterocycles. The predicted octanol–water partition coefficient (Wildman–Crippen LogP) is 2.48. The zero-order valence-electron chi connectivity index (χ0n) is 32.3. The topological polar surface area (TPSA) is 261 Å². The summed E-state index contributed by atoms with van der Waals surface area (Å²) in [6, 6.07) is 0.328. The summed E-state index contributed by atoms with van der Waals surface area (Å²) in [5, 5.41) is 85.8. The van der Waals surface area contributed by atoms with Crippen LogP contribution in [0.5, 0.6) is 0 Å². The van der Waals surface area contributed by atoms with Gasteiger partial charge in [0.1, 0.15) is 60.1 Å². The number of sulfone groups is 1. The van der Waals surface area contributed by atoms with Crippen molar-refractivity contribution in [2.75, 3.05) is 13.2 Å². The Balaban J connectivity index is 1.37. The predicted molar refractivity (Wildman–Crippen MR) is 213 cm³/mol. The highest BCUT2D eigenvalue weighted by Crippen LogP contribution is 2.57. The van der Waals surface area contributed by atoms with E-state index in [9.17, 15) is 57.0 Å². The smallest absolute Gasteiger partial charge is 0.227 e. The van der Waals surface area contributed by atoms with E-state index < -0.39 is 128 Å².